The molecule has 0 aromatic heterocycles. The van der Waals surface area contributed by atoms with Crippen molar-refractivity contribution in [2.75, 3.05) is 0 Å². The van der Waals surface area contributed by atoms with Crippen LogP contribution >= 0.6 is 0 Å². The van der Waals surface area contributed by atoms with Gasteiger partial charge in [-0.05, 0) is 30.5 Å². The van der Waals surface area contributed by atoms with E-state index in [9.17, 15) is 8.78 Å². The third-order valence-corrected chi connectivity index (χ3v) is 3.61. The van der Waals surface area contributed by atoms with Crippen molar-refractivity contribution in [3.05, 3.63) is 35.4 Å². The summed E-state index contributed by atoms with van der Waals surface area (Å²) in [5.41, 5.74) is 3.55. The molecule has 0 saturated heterocycles. The van der Waals surface area contributed by atoms with Gasteiger partial charge in [0, 0.05) is 6.04 Å². The molecular weight excluding hydrogens is 258 g/mol. The van der Waals surface area contributed by atoms with Gasteiger partial charge in [-0.1, -0.05) is 51.5 Å². The van der Waals surface area contributed by atoms with Crippen LogP contribution in [-0.2, 0) is 6.42 Å². The van der Waals surface area contributed by atoms with Crippen molar-refractivity contribution in [3.8, 4) is 0 Å². The molecule has 0 aliphatic heterocycles. The zero-order valence-corrected chi connectivity index (χ0v) is 12.3. The van der Waals surface area contributed by atoms with E-state index in [2.05, 4.69) is 12.3 Å². The van der Waals surface area contributed by atoms with Crippen LogP contribution in [-0.4, -0.2) is 6.04 Å². The summed E-state index contributed by atoms with van der Waals surface area (Å²) in [7, 11) is 0. The van der Waals surface area contributed by atoms with Crippen LogP contribution in [0, 0.1) is 11.6 Å². The molecule has 4 heteroatoms. The van der Waals surface area contributed by atoms with Gasteiger partial charge in [-0.15, -0.1) is 0 Å². The Kier molecular flexibility index (Phi) is 8.38. The second-order valence-electron chi connectivity index (χ2n) is 5.37. The van der Waals surface area contributed by atoms with E-state index in [4.69, 9.17) is 5.84 Å². The monoisotopic (exact) mass is 284 g/mol. The van der Waals surface area contributed by atoms with Crippen LogP contribution in [0.1, 0.15) is 57.4 Å². The first-order chi connectivity index (χ1) is 9.67. The zero-order chi connectivity index (χ0) is 14.8. The summed E-state index contributed by atoms with van der Waals surface area (Å²) >= 11 is 0. The van der Waals surface area contributed by atoms with Crippen molar-refractivity contribution < 1.29 is 8.78 Å². The maximum Gasteiger partial charge on any atom is 0.159 e. The maximum absolute atomic E-state index is 13.1. The average molecular weight is 284 g/mol. The number of rotatable bonds is 10. The molecule has 0 aliphatic carbocycles. The lowest BCUT2D eigenvalue weighted by Gasteiger charge is -2.16. The summed E-state index contributed by atoms with van der Waals surface area (Å²) in [5.74, 6) is 3.94. The molecule has 0 heterocycles. The summed E-state index contributed by atoms with van der Waals surface area (Å²) in [6, 6.07) is 4.15. The van der Waals surface area contributed by atoms with Gasteiger partial charge in [-0.3, -0.25) is 11.3 Å². The van der Waals surface area contributed by atoms with E-state index in [-0.39, 0.29) is 6.04 Å². The minimum Gasteiger partial charge on any atom is -0.271 e. The summed E-state index contributed by atoms with van der Waals surface area (Å²) in [5, 5.41) is 0. The van der Waals surface area contributed by atoms with Crippen LogP contribution in [0.25, 0.3) is 0 Å². The first kappa shape index (κ1) is 17.1. The quantitative estimate of drug-likeness (QED) is 0.386. The fraction of sp³-hybridized carbons (Fsp3) is 0.625. The molecule has 3 N–H and O–H groups in total. The molecule has 2 nitrogen and oxygen atoms in total. The first-order valence-corrected chi connectivity index (χ1v) is 7.57. The Balaban J connectivity index is 2.29. The number of halogens is 2. The minimum absolute atomic E-state index is 0.117. The fourth-order valence-electron chi connectivity index (χ4n) is 2.37. The van der Waals surface area contributed by atoms with E-state index in [0.29, 0.717) is 6.42 Å². The second kappa shape index (κ2) is 9.83. The van der Waals surface area contributed by atoms with Crippen molar-refractivity contribution in [3.63, 3.8) is 0 Å². The van der Waals surface area contributed by atoms with E-state index in [1.54, 1.807) is 6.07 Å². The third-order valence-electron chi connectivity index (χ3n) is 3.61. The van der Waals surface area contributed by atoms with Crippen molar-refractivity contribution in [2.24, 2.45) is 5.84 Å². The lowest BCUT2D eigenvalue weighted by atomic mass is 10.00. The Morgan fingerprint density at radius 3 is 2.40 bits per heavy atom. The molecule has 1 rings (SSSR count). The number of hydrogen-bond acceptors (Lipinski definition) is 2. The number of unbranched alkanes of at least 4 members (excludes halogenated alkanes) is 5. The van der Waals surface area contributed by atoms with Gasteiger partial charge in [0.05, 0.1) is 0 Å². The minimum atomic E-state index is -0.804. The second-order valence-corrected chi connectivity index (χ2v) is 5.37. The van der Waals surface area contributed by atoms with Crippen molar-refractivity contribution in [1.82, 2.24) is 5.43 Å². The standard InChI is InChI=1S/C16H26F2N2/c1-2-3-4-5-6-7-8-14(20-19)11-13-9-10-15(17)16(18)12-13/h9-10,12,14,20H,2-8,11,19H2,1H3. The predicted molar refractivity (Wildman–Crippen MR) is 79.2 cm³/mol. The molecule has 0 bridgehead atoms. The number of nitrogens with one attached hydrogen (secondary N) is 1. The Labute approximate surface area is 120 Å². The summed E-state index contributed by atoms with van der Waals surface area (Å²) in [6.07, 6.45) is 9.01. The number of nitrogens with two attached hydrogens (primary N) is 1. The molecule has 1 aromatic carbocycles. The molecule has 0 fully saturated rings. The lowest BCUT2D eigenvalue weighted by Crippen LogP contribution is -2.36. The van der Waals surface area contributed by atoms with Gasteiger partial charge in [0.1, 0.15) is 0 Å². The molecule has 20 heavy (non-hydrogen) atoms. The van der Waals surface area contributed by atoms with Crippen LogP contribution < -0.4 is 11.3 Å². The predicted octanol–water partition coefficient (Wildman–Crippen LogP) is 4.09. The number of hydrazine groups is 1. The van der Waals surface area contributed by atoms with Crippen molar-refractivity contribution in [2.45, 2.75) is 64.3 Å². The first-order valence-electron chi connectivity index (χ1n) is 7.57. The average Bonchev–Trinajstić information content (AvgIpc) is 2.45. The highest BCUT2D eigenvalue weighted by Gasteiger charge is 2.09. The molecule has 1 unspecified atom stereocenters. The molecule has 0 radical (unpaired) electrons. The van der Waals surface area contributed by atoms with Gasteiger partial charge in [0.15, 0.2) is 11.6 Å². The van der Waals surface area contributed by atoms with Crippen LogP contribution in [0.2, 0.25) is 0 Å². The molecule has 1 aromatic rings. The Morgan fingerprint density at radius 1 is 1.05 bits per heavy atom. The molecule has 1 atom stereocenters. The highest BCUT2D eigenvalue weighted by atomic mass is 19.2. The fourth-order valence-corrected chi connectivity index (χ4v) is 2.37. The van der Waals surface area contributed by atoms with E-state index >= 15 is 0 Å². The molecule has 0 amide bonds. The molecule has 0 spiro atoms. The van der Waals surface area contributed by atoms with Crippen LogP contribution in [0.3, 0.4) is 0 Å². The number of benzene rings is 1. The highest BCUT2D eigenvalue weighted by Crippen LogP contribution is 2.14. The zero-order valence-electron chi connectivity index (χ0n) is 12.3. The van der Waals surface area contributed by atoms with Crippen LogP contribution in [0.15, 0.2) is 18.2 Å². The van der Waals surface area contributed by atoms with Gasteiger partial charge in [-0.2, -0.15) is 0 Å². The summed E-state index contributed by atoms with van der Waals surface area (Å²) < 4.78 is 26.0. The van der Waals surface area contributed by atoms with Gasteiger partial charge in [0.2, 0.25) is 0 Å². The Morgan fingerprint density at radius 2 is 1.75 bits per heavy atom. The molecular formula is C16H26F2N2. The van der Waals surface area contributed by atoms with Crippen molar-refractivity contribution in [1.29, 1.82) is 0 Å². The van der Waals surface area contributed by atoms with Crippen molar-refractivity contribution >= 4 is 0 Å². The Hall–Kier alpha value is -1.00. The SMILES string of the molecule is CCCCCCCCC(Cc1ccc(F)c(F)c1)NN. The van der Waals surface area contributed by atoms with E-state index in [0.717, 1.165) is 18.4 Å². The van der Waals surface area contributed by atoms with Gasteiger partial charge in [0.25, 0.3) is 0 Å². The van der Waals surface area contributed by atoms with Crippen LogP contribution in [0.5, 0.6) is 0 Å². The van der Waals surface area contributed by atoms with Gasteiger partial charge < -0.3 is 0 Å². The lowest BCUT2D eigenvalue weighted by molar-refractivity contribution is 0.456. The van der Waals surface area contributed by atoms with Crippen LogP contribution in [0.4, 0.5) is 8.78 Å². The Bertz CT molecular complexity index is 383. The normalized spacial score (nSPS) is 12.6. The number of hydrogen-bond donors (Lipinski definition) is 2. The molecule has 114 valence electrons. The maximum atomic E-state index is 13.1. The largest absolute Gasteiger partial charge is 0.271 e. The van der Waals surface area contributed by atoms with E-state index in [1.165, 1.54) is 44.2 Å². The third kappa shape index (κ3) is 6.44. The van der Waals surface area contributed by atoms with E-state index < -0.39 is 11.6 Å². The smallest absolute Gasteiger partial charge is 0.159 e. The molecule has 0 aliphatic rings. The van der Waals surface area contributed by atoms with E-state index in [1.807, 2.05) is 0 Å². The van der Waals surface area contributed by atoms with Gasteiger partial charge >= 0.3 is 0 Å². The van der Waals surface area contributed by atoms with Gasteiger partial charge in [-0.25, -0.2) is 8.78 Å². The summed E-state index contributed by atoms with van der Waals surface area (Å²) in [4.78, 5) is 0. The highest BCUT2D eigenvalue weighted by molar-refractivity contribution is 5.18. The summed E-state index contributed by atoms with van der Waals surface area (Å²) in [6.45, 7) is 2.20. The molecule has 0 saturated carbocycles. The topological polar surface area (TPSA) is 38.0 Å².